The summed E-state index contributed by atoms with van der Waals surface area (Å²) in [6.45, 7) is 2.15. The molecule has 3 heterocycles. The third-order valence-electron chi connectivity index (χ3n) is 4.05. The Hall–Kier alpha value is -2.71. The molecule has 0 unspecified atom stereocenters. The molecule has 1 aliphatic heterocycles. The first kappa shape index (κ1) is 15.5. The number of aryl methyl sites for hydroxylation is 1. The van der Waals surface area contributed by atoms with Gasteiger partial charge in [0.25, 0.3) is 5.91 Å². The number of hydrogen-bond donors (Lipinski definition) is 1. The van der Waals surface area contributed by atoms with Crippen molar-refractivity contribution in [2.45, 2.75) is 13.0 Å². The summed E-state index contributed by atoms with van der Waals surface area (Å²) in [5.74, 6) is 0.958. The number of para-hydroxylation sites is 2. The summed E-state index contributed by atoms with van der Waals surface area (Å²) in [5, 5.41) is 4.40. The van der Waals surface area contributed by atoms with E-state index in [-0.39, 0.29) is 12.5 Å². The molecule has 0 saturated carbocycles. The maximum absolute atomic E-state index is 12.6. The standard InChI is InChI=1S/C18H13N3O3S2/c1-9-19-10-6-7-14-15(16(10)25-9)20-18(26-14)21-17(22)13-8-23-11-4-2-3-5-12(11)24-13/h2-7,13H,8H2,1H3,(H,20,21,22)/t13-/m0/s1. The smallest absolute Gasteiger partial charge is 0.270 e. The molecular formula is C18H13N3O3S2. The molecule has 2 aromatic heterocycles. The second-order valence-electron chi connectivity index (χ2n) is 5.87. The Morgan fingerprint density at radius 2 is 2.00 bits per heavy atom. The van der Waals surface area contributed by atoms with Crippen LogP contribution < -0.4 is 14.8 Å². The summed E-state index contributed by atoms with van der Waals surface area (Å²) >= 11 is 3.05. The molecule has 8 heteroatoms. The van der Waals surface area contributed by atoms with E-state index in [0.29, 0.717) is 16.6 Å². The number of hydrogen-bond acceptors (Lipinski definition) is 7. The molecule has 2 aromatic carbocycles. The fraction of sp³-hybridized carbons (Fsp3) is 0.167. The van der Waals surface area contributed by atoms with Crippen molar-refractivity contribution in [2.75, 3.05) is 11.9 Å². The highest BCUT2D eigenvalue weighted by atomic mass is 32.1. The lowest BCUT2D eigenvalue weighted by molar-refractivity contribution is -0.125. The molecule has 26 heavy (non-hydrogen) atoms. The van der Waals surface area contributed by atoms with Crippen LogP contribution in [0.25, 0.3) is 20.4 Å². The molecule has 0 radical (unpaired) electrons. The average molecular weight is 383 g/mol. The minimum absolute atomic E-state index is 0.173. The van der Waals surface area contributed by atoms with Gasteiger partial charge in [-0.05, 0) is 31.2 Å². The van der Waals surface area contributed by atoms with E-state index in [4.69, 9.17) is 9.47 Å². The number of anilines is 1. The fourth-order valence-corrected chi connectivity index (χ4v) is 4.73. The molecule has 1 amide bonds. The van der Waals surface area contributed by atoms with Gasteiger partial charge in [-0.2, -0.15) is 0 Å². The van der Waals surface area contributed by atoms with Gasteiger partial charge in [-0.3, -0.25) is 10.1 Å². The van der Waals surface area contributed by atoms with Crippen LogP contribution in [0.2, 0.25) is 0 Å². The van der Waals surface area contributed by atoms with E-state index in [1.165, 1.54) is 11.3 Å². The van der Waals surface area contributed by atoms with Gasteiger partial charge in [-0.1, -0.05) is 23.5 Å². The van der Waals surface area contributed by atoms with Gasteiger partial charge in [0.1, 0.15) is 12.1 Å². The van der Waals surface area contributed by atoms with Crippen molar-refractivity contribution in [1.29, 1.82) is 0 Å². The van der Waals surface area contributed by atoms with Crippen LogP contribution in [0.3, 0.4) is 0 Å². The highest BCUT2D eigenvalue weighted by Gasteiger charge is 2.28. The van der Waals surface area contributed by atoms with Crippen molar-refractivity contribution >= 4 is 54.1 Å². The molecule has 4 aromatic rings. The van der Waals surface area contributed by atoms with Gasteiger partial charge in [0, 0.05) is 0 Å². The molecule has 0 bridgehead atoms. The van der Waals surface area contributed by atoms with Crippen LogP contribution in [0.1, 0.15) is 5.01 Å². The number of amides is 1. The molecule has 0 saturated heterocycles. The monoisotopic (exact) mass is 383 g/mol. The molecule has 0 fully saturated rings. The van der Waals surface area contributed by atoms with Crippen molar-refractivity contribution in [3.63, 3.8) is 0 Å². The molecule has 130 valence electrons. The quantitative estimate of drug-likeness (QED) is 0.566. The first-order valence-corrected chi connectivity index (χ1v) is 9.67. The van der Waals surface area contributed by atoms with E-state index in [0.717, 1.165) is 25.4 Å². The van der Waals surface area contributed by atoms with E-state index < -0.39 is 6.10 Å². The van der Waals surface area contributed by atoms with Gasteiger partial charge < -0.3 is 9.47 Å². The number of carbonyl (C=O) groups is 1. The summed E-state index contributed by atoms with van der Waals surface area (Å²) in [7, 11) is 0. The number of fused-ring (bicyclic) bond motifs is 4. The summed E-state index contributed by atoms with van der Waals surface area (Å²) in [6, 6.07) is 11.3. The Balaban J connectivity index is 1.41. The third kappa shape index (κ3) is 2.58. The Labute approximate surface area is 156 Å². The predicted octanol–water partition coefficient (Wildman–Crippen LogP) is 3.99. The van der Waals surface area contributed by atoms with Crippen LogP contribution >= 0.6 is 22.7 Å². The maximum Gasteiger partial charge on any atom is 0.270 e. The van der Waals surface area contributed by atoms with Crippen LogP contribution in [0.5, 0.6) is 11.5 Å². The van der Waals surface area contributed by atoms with E-state index in [1.807, 2.05) is 37.3 Å². The maximum atomic E-state index is 12.6. The van der Waals surface area contributed by atoms with Gasteiger partial charge in [0.05, 0.1) is 19.9 Å². The zero-order valence-electron chi connectivity index (χ0n) is 13.7. The van der Waals surface area contributed by atoms with E-state index in [1.54, 1.807) is 17.4 Å². The summed E-state index contributed by atoms with van der Waals surface area (Å²) < 4.78 is 13.4. The lowest BCUT2D eigenvalue weighted by Crippen LogP contribution is -2.40. The zero-order valence-corrected chi connectivity index (χ0v) is 15.3. The second-order valence-corrected chi connectivity index (χ2v) is 8.10. The fourth-order valence-electron chi connectivity index (χ4n) is 2.88. The van der Waals surface area contributed by atoms with Crippen molar-refractivity contribution in [2.24, 2.45) is 0 Å². The first-order chi connectivity index (χ1) is 12.7. The Morgan fingerprint density at radius 1 is 1.15 bits per heavy atom. The molecule has 0 spiro atoms. The Kier molecular flexibility index (Phi) is 3.54. The Bertz CT molecular complexity index is 1150. The molecule has 1 atom stereocenters. The van der Waals surface area contributed by atoms with E-state index in [9.17, 15) is 4.79 Å². The number of nitrogens with zero attached hydrogens (tertiary/aromatic N) is 2. The number of ether oxygens (including phenoxy) is 2. The summed E-state index contributed by atoms with van der Waals surface area (Å²) in [6.07, 6.45) is -0.706. The van der Waals surface area contributed by atoms with E-state index >= 15 is 0 Å². The number of thiazole rings is 2. The number of rotatable bonds is 2. The lowest BCUT2D eigenvalue weighted by atomic mass is 10.2. The van der Waals surface area contributed by atoms with Crippen LogP contribution in [0.15, 0.2) is 36.4 Å². The van der Waals surface area contributed by atoms with Gasteiger partial charge in [-0.25, -0.2) is 9.97 Å². The lowest BCUT2D eigenvalue weighted by Gasteiger charge is -2.25. The normalized spacial score (nSPS) is 16.1. The number of benzene rings is 2. The van der Waals surface area contributed by atoms with Gasteiger partial charge in [0.15, 0.2) is 16.6 Å². The van der Waals surface area contributed by atoms with Gasteiger partial charge >= 0.3 is 0 Å². The van der Waals surface area contributed by atoms with Crippen molar-refractivity contribution in [3.8, 4) is 11.5 Å². The molecular weight excluding hydrogens is 370 g/mol. The number of nitrogens with one attached hydrogen (secondary N) is 1. The predicted molar refractivity (Wildman–Crippen MR) is 103 cm³/mol. The van der Waals surface area contributed by atoms with Crippen LogP contribution in [-0.2, 0) is 4.79 Å². The molecule has 6 nitrogen and oxygen atoms in total. The largest absolute Gasteiger partial charge is 0.485 e. The summed E-state index contributed by atoms with van der Waals surface area (Å²) in [5.41, 5.74) is 1.81. The SMILES string of the molecule is Cc1nc2ccc3sc(NC(=O)[C@@H]4COc5ccccc5O4)nc3c2s1. The molecule has 5 rings (SSSR count). The van der Waals surface area contributed by atoms with Crippen molar-refractivity contribution in [3.05, 3.63) is 41.4 Å². The molecule has 0 aliphatic carbocycles. The zero-order chi connectivity index (χ0) is 17.7. The number of aromatic nitrogens is 2. The topological polar surface area (TPSA) is 73.3 Å². The highest BCUT2D eigenvalue weighted by molar-refractivity contribution is 7.24. The minimum Gasteiger partial charge on any atom is -0.485 e. The van der Waals surface area contributed by atoms with Crippen molar-refractivity contribution < 1.29 is 14.3 Å². The van der Waals surface area contributed by atoms with Gasteiger partial charge in [-0.15, -0.1) is 11.3 Å². The van der Waals surface area contributed by atoms with Gasteiger partial charge in [0.2, 0.25) is 6.10 Å². The summed E-state index contributed by atoms with van der Waals surface area (Å²) in [4.78, 5) is 21.6. The van der Waals surface area contributed by atoms with Crippen LogP contribution in [0.4, 0.5) is 5.13 Å². The third-order valence-corrected chi connectivity index (χ3v) is 5.98. The highest BCUT2D eigenvalue weighted by Crippen LogP contribution is 2.35. The average Bonchev–Trinajstić information content (AvgIpc) is 3.23. The second kappa shape index (κ2) is 5.93. The van der Waals surface area contributed by atoms with Crippen LogP contribution in [0, 0.1) is 6.92 Å². The minimum atomic E-state index is -0.706. The van der Waals surface area contributed by atoms with Crippen molar-refractivity contribution in [1.82, 2.24) is 9.97 Å². The number of carbonyl (C=O) groups excluding carboxylic acids is 1. The molecule has 1 aliphatic rings. The molecule has 1 N–H and O–H groups in total. The van der Waals surface area contributed by atoms with E-state index in [2.05, 4.69) is 15.3 Å². The van der Waals surface area contributed by atoms with Crippen LogP contribution in [-0.4, -0.2) is 28.6 Å². The Morgan fingerprint density at radius 3 is 2.88 bits per heavy atom. The first-order valence-electron chi connectivity index (χ1n) is 8.03.